The summed E-state index contributed by atoms with van der Waals surface area (Å²) in [6, 6.07) is 24.4. The second-order valence-corrected chi connectivity index (χ2v) is 10.4. The van der Waals surface area contributed by atoms with E-state index in [2.05, 4.69) is 50.5 Å². The fourth-order valence-corrected chi connectivity index (χ4v) is 5.34. The van der Waals surface area contributed by atoms with Gasteiger partial charge in [-0.2, -0.15) is 0 Å². The number of carboxylic acids is 1. The SMILES string of the molecule is O=C1NC(=Nc2ccc(Cl)c(C(=O)O)c2)S/C1=C/c1ccc(OCc2cccc3ccccc23)c(Br)c1. The van der Waals surface area contributed by atoms with Crippen LogP contribution in [0.25, 0.3) is 16.8 Å². The largest absolute Gasteiger partial charge is 0.488 e. The number of amides is 1. The predicted octanol–water partition coefficient (Wildman–Crippen LogP) is 7.42. The van der Waals surface area contributed by atoms with E-state index in [9.17, 15) is 14.7 Å². The summed E-state index contributed by atoms with van der Waals surface area (Å²) in [6.45, 7) is 0.423. The van der Waals surface area contributed by atoms with E-state index in [1.54, 1.807) is 12.1 Å². The molecule has 1 saturated heterocycles. The Balaban J connectivity index is 1.30. The van der Waals surface area contributed by atoms with Crippen LogP contribution in [-0.4, -0.2) is 22.2 Å². The minimum absolute atomic E-state index is 0.0544. The van der Waals surface area contributed by atoms with Crippen molar-refractivity contribution in [3.05, 3.63) is 110 Å². The van der Waals surface area contributed by atoms with Crippen LogP contribution in [0.2, 0.25) is 5.02 Å². The third kappa shape index (κ3) is 5.72. The van der Waals surface area contributed by atoms with Crippen molar-refractivity contribution in [1.29, 1.82) is 0 Å². The standard InChI is InChI=1S/C28H18BrClN2O4S/c29-22-12-16(8-11-24(22)36-15-18-6-3-5-17-4-1-2-7-20(17)18)13-25-26(33)32-28(37-25)31-19-9-10-23(30)21(14-19)27(34)35/h1-14H,15H2,(H,34,35)(H,31,32,33)/b25-13+. The number of thioether (sulfide) groups is 1. The quantitative estimate of drug-likeness (QED) is 0.227. The minimum Gasteiger partial charge on any atom is -0.488 e. The van der Waals surface area contributed by atoms with Gasteiger partial charge in [0.05, 0.1) is 25.7 Å². The molecule has 0 bridgehead atoms. The Labute approximate surface area is 230 Å². The number of carbonyl (C=O) groups is 2. The summed E-state index contributed by atoms with van der Waals surface area (Å²) in [4.78, 5) is 28.6. The van der Waals surface area contributed by atoms with Crippen molar-refractivity contribution in [3.63, 3.8) is 0 Å². The number of nitrogens with zero attached hydrogens (tertiary/aromatic N) is 1. The molecular formula is C28H18BrClN2O4S. The average molecular weight is 594 g/mol. The lowest BCUT2D eigenvalue weighted by atomic mass is 10.1. The van der Waals surface area contributed by atoms with Crippen LogP contribution < -0.4 is 10.1 Å². The van der Waals surface area contributed by atoms with Crippen LogP contribution in [0.4, 0.5) is 5.69 Å². The molecule has 4 aromatic carbocycles. The molecule has 2 N–H and O–H groups in total. The first-order valence-corrected chi connectivity index (χ1v) is 13.1. The summed E-state index contributed by atoms with van der Waals surface area (Å²) in [5.41, 5.74) is 2.23. The molecule has 9 heteroatoms. The number of hydrogen-bond donors (Lipinski definition) is 2. The molecule has 4 aromatic rings. The summed E-state index contributed by atoms with van der Waals surface area (Å²) in [7, 11) is 0. The molecule has 5 rings (SSSR count). The van der Waals surface area contributed by atoms with Gasteiger partial charge in [0.2, 0.25) is 0 Å². The van der Waals surface area contributed by atoms with E-state index in [1.807, 2.05) is 36.4 Å². The maximum Gasteiger partial charge on any atom is 0.337 e. The zero-order valence-corrected chi connectivity index (χ0v) is 22.2. The van der Waals surface area contributed by atoms with E-state index >= 15 is 0 Å². The van der Waals surface area contributed by atoms with Crippen LogP contribution in [-0.2, 0) is 11.4 Å². The van der Waals surface area contributed by atoms with Gasteiger partial charge in [-0.1, -0.05) is 60.1 Å². The van der Waals surface area contributed by atoms with Crippen molar-refractivity contribution in [2.75, 3.05) is 0 Å². The highest BCUT2D eigenvalue weighted by Crippen LogP contribution is 2.32. The number of rotatable bonds is 6. The fraction of sp³-hybridized carbons (Fsp3) is 0.0357. The number of aliphatic imine (C=N–C) groups is 1. The summed E-state index contributed by atoms with van der Waals surface area (Å²) in [5.74, 6) is -0.743. The van der Waals surface area contributed by atoms with Crippen LogP contribution in [0.5, 0.6) is 5.75 Å². The highest BCUT2D eigenvalue weighted by Gasteiger charge is 2.24. The van der Waals surface area contributed by atoms with Crippen LogP contribution in [0, 0.1) is 0 Å². The van der Waals surface area contributed by atoms with Gasteiger partial charge in [0, 0.05) is 0 Å². The van der Waals surface area contributed by atoms with Gasteiger partial charge in [-0.15, -0.1) is 0 Å². The Morgan fingerprint density at radius 2 is 1.89 bits per heavy atom. The molecule has 37 heavy (non-hydrogen) atoms. The molecule has 0 unspecified atom stereocenters. The maximum absolute atomic E-state index is 12.5. The number of aromatic carboxylic acids is 1. The van der Waals surface area contributed by atoms with Crippen molar-refractivity contribution in [2.45, 2.75) is 6.61 Å². The molecule has 184 valence electrons. The summed E-state index contributed by atoms with van der Waals surface area (Å²) < 4.78 is 6.84. The number of nitrogens with one attached hydrogen (secondary N) is 1. The summed E-state index contributed by atoms with van der Waals surface area (Å²) in [5, 5.41) is 14.7. The number of amidine groups is 1. The minimum atomic E-state index is -1.15. The normalized spacial score (nSPS) is 15.4. The third-order valence-electron chi connectivity index (χ3n) is 5.58. The maximum atomic E-state index is 12.5. The van der Waals surface area contributed by atoms with E-state index in [4.69, 9.17) is 16.3 Å². The highest BCUT2D eigenvalue weighted by atomic mass is 79.9. The lowest BCUT2D eigenvalue weighted by molar-refractivity contribution is -0.115. The Morgan fingerprint density at radius 3 is 2.70 bits per heavy atom. The van der Waals surface area contributed by atoms with Crippen LogP contribution >= 0.6 is 39.3 Å². The molecule has 0 aromatic heterocycles. The lowest BCUT2D eigenvalue weighted by Gasteiger charge is -2.11. The number of carbonyl (C=O) groups excluding carboxylic acids is 1. The first-order valence-electron chi connectivity index (χ1n) is 11.1. The predicted molar refractivity (Wildman–Crippen MR) is 152 cm³/mol. The lowest BCUT2D eigenvalue weighted by Crippen LogP contribution is -2.19. The van der Waals surface area contributed by atoms with Crippen molar-refractivity contribution in [1.82, 2.24) is 5.32 Å². The van der Waals surface area contributed by atoms with Gasteiger partial charge < -0.3 is 15.2 Å². The van der Waals surface area contributed by atoms with Crippen molar-refractivity contribution >= 4 is 78.9 Å². The number of halogens is 2. The van der Waals surface area contributed by atoms with Gasteiger partial charge in [-0.05, 0) is 86.0 Å². The topological polar surface area (TPSA) is 88.0 Å². The van der Waals surface area contributed by atoms with E-state index in [1.165, 1.54) is 29.3 Å². The van der Waals surface area contributed by atoms with E-state index in [0.29, 0.717) is 28.1 Å². The molecule has 6 nitrogen and oxygen atoms in total. The van der Waals surface area contributed by atoms with Gasteiger partial charge in [0.15, 0.2) is 5.17 Å². The second-order valence-electron chi connectivity index (χ2n) is 8.07. The Bertz CT molecular complexity index is 1610. The van der Waals surface area contributed by atoms with Crippen molar-refractivity contribution in [2.24, 2.45) is 4.99 Å². The van der Waals surface area contributed by atoms with Gasteiger partial charge in [-0.25, -0.2) is 9.79 Å². The monoisotopic (exact) mass is 592 g/mol. The van der Waals surface area contributed by atoms with Gasteiger partial charge in [0.25, 0.3) is 5.91 Å². The number of benzene rings is 4. The summed E-state index contributed by atoms with van der Waals surface area (Å²) >= 11 is 10.7. The Morgan fingerprint density at radius 1 is 1.08 bits per heavy atom. The number of hydrogen-bond acceptors (Lipinski definition) is 5. The smallest absolute Gasteiger partial charge is 0.337 e. The average Bonchev–Trinajstić information content (AvgIpc) is 3.22. The molecular weight excluding hydrogens is 576 g/mol. The molecule has 1 amide bonds. The number of ether oxygens (including phenoxy) is 1. The van der Waals surface area contributed by atoms with Crippen LogP contribution in [0.15, 0.2) is 93.2 Å². The van der Waals surface area contributed by atoms with E-state index < -0.39 is 5.97 Å². The second kappa shape index (κ2) is 10.8. The molecule has 0 saturated carbocycles. The summed E-state index contributed by atoms with van der Waals surface area (Å²) in [6.07, 6.45) is 1.76. The van der Waals surface area contributed by atoms with E-state index in [-0.39, 0.29) is 16.5 Å². The Hall–Kier alpha value is -3.59. The molecule has 1 fully saturated rings. The molecule has 0 aliphatic carbocycles. The van der Waals surface area contributed by atoms with Crippen LogP contribution in [0.3, 0.4) is 0 Å². The van der Waals surface area contributed by atoms with E-state index in [0.717, 1.165) is 21.0 Å². The molecule has 0 spiro atoms. The molecule has 1 aliphatic heterocycles. The highest BCUT2D eigenvalue weighted by molar-refractivity contribution is 9.10. The number of fused-ring (bicyclic) bond motifs is 1. The molecule has 0 radical (unpaired) electrons. The first-order chi connectivity index (χ1) is 17.9. The molecule has 0 atom stereocenters. The molecule has 1 aliphatic rings. The zero-order valence-electron chi connectivity index (χ0n) is 19.1. The van der Waals surface area contributed by atoms with Crippen molar-refractivity contribution < 1.29 is 19.4 Å². The zero-order chi connectivity index (χ0) is 25.9. The van der Waals surface area contributed by atoms with Gasteiger partial charge in [0.1, 0.15) is 12.4 Å². The Kier molecular flexibility index (Phi) is 7.32. The molecule has 1 heterocycles. The van der Waals surface area contributed by atoms with Crippen LogP contribution in [0.1, 0.15) is 21.5 Å². The third-order valence-corrected chi connectivity index (χ3v) is 7.44. The van der Waals surface area contributed by atoms with Gasteiger partial charge in [-0.3, -0.25) is 4.79 Å². The fourth-order valence-electron chi connectivity index (χ4n) is 3.79. The number of carboxylic acid groups (broad SMARTS) is 1. The van der Waals surface area contributed by atoms with Gasteiger partial charge >= 0.3 is 5.97 Å². The van der Waals surface area contributed by atoms with Crippen molar-refractivity contribution in [3.8, 4) is 5.75 Å². The first kappa shape index (κ1) is 25.1.